The number of hydrogen-bond acceptors (Lipinski definition) is 4. The number of nitrogens with zero attached hydrogens (tertiary/aromatic N) is 1. The number of carbonyl (C=O) groups is 2. The first-order valence-corrected chi connectivity index (χ1v) is 7.87. The van der Waals surface area contributed by atoms with Crippen molar-refractivity contribution in [2.75, 3.05) is 5.33 Å². The molecule has 0 aliphatic carbocycles. The number of alkyl halides is 1. The van der Waals surface area contributed by atoms with Gasteiger partial charge in [0, 0.05) is 35.7 Å². The summed E-state index contributed by atoms with van der Waals surface area (Å²) in [5, 5.41) is 0.660. The van der Waals surface area contributed by atoms with Gasteiger partial charge in [0.2, 0.25) is 5.56 Å². The van der Waals surface area contributed by atoms with Gasteiger partial charge in [0.25, 0.3) is 5.56 Å². The second kappa shape index (κ2) is 13.3. The van der Waals surface area contributed by atoms with Crippen molar-refractivity contribution in [3.8, 4) is 24.7 Å². The number of rotatable bonds is 3. The first-order valence-electron chi connectivity index (χ1n) is 6.74. The summed E-state index contributed by atoms with van der Waals surface area (Å²) in [4.78, 5) is 44.1. The summed E-state index contributed by atoms with van der Waals surface area (Å²) in [6.45, 7) is 0.195. The Morgan fingerprint density at radius 3 is 2.08 bits per heavy atom. The van der Waals surface area contributed by atoms with Gasteiger partial charge in [-0.1, -0.05) is 27.8 Å². The summed E-state index contributed by atoms with van der Waals surface area (Å²) in [7, 11) is 0. The molecule has 0 unspecified atom stereocenters. The zero-order valence-corrected chi connectivity index (χ0v) is 14.7. The Morgan fingerprint density at radius 1 is 1.04 bits per heavy atom. The van der Waals surface area contributed by atoms with Crippen LogP contribution in [0.2, 0.25) is 0 Å². The second-order valence-corrected chi connectivity index (χ2v) is 4.75. The summed E-state index contributed by atoms with van der Waals surface area (Å²) >= 11 is 3.01. The topological polar surface area (TPSA) is 89.0 Å². The molecule has 25 heavy (non-hydrogen) atoms. The maximum absolute atomic E-state index is 11.0. The Kier molecular flexibility index (Phi) is 11.6. The van der Waals surface area contributed by atoms with E-state index in [2.05, 4.69) is 32.8 Å². The monoisotopic (exact) mass is 402 g/mol. The third-order valence-corrected chi connectivity index (χ3v) is 2.75. The molecule has 0 aromatic carbocycles. The second-order valence-electron chi connectivity index (χ2n) is 4.19. The van der Waals surface area contributed by atoms with Gasteiger partial charge in [-0.15, -0.1) is 12.8 Å². The van der Waals surface area contributed by atoms with E-state index >= 15 is 0 Å². The van der Waals surface area contributed by atoms with Gasteiger partial charge >= 0.3 is 0 Å². The predicted octanol–water partition coefficient (Wildman–Crippen LogP) is 1.50. The zero-order valence-electron chi connectivity index (χ0n) is 13.1. The fraction of sp³-hybridized carbons (Fsp3) is 0.111. The number of aldehydes is 2. The third kappa shape index (κ3) is 9.54. The number of halogens is 1. The molecule has 0 amide bonds. The Morgan fingerprint density at radius 2 is 1.64 bits per heavy atom. The lowest BCUT2D eigenvalue weighted by Crippen LogP contribution is -2.18. The highest BCUT2D eigenvalue weighted by atomic mass is 79.9. The van der Waals surface area contributed by atoms with Crippen molar-refractivity contribution in [2.24, 2.45) is 0 Å². The largest absolute Gasteiger partial charge is 0.328 e. The molecule has 2 rings (SSSR count). The molecule has 2 heterocycles. The van der Waals surface area contributed by atoms with E-state index in [9.17, 15) is 19.2 Å². The van der Waals surface area contributed by atoms with Crippen LogP contribution in [0.25, 0.3) is 0 Å². The molecule has 0 aliphatic rings. The molecular formula is C18H15BrN2O4. The maximum atomic E-state index is 11.0. The minimum absolute atomic E-state index is 0.194. The fourth-order valence-electron chi connectivity index (χ4n) is 1.34. The summed E-state index contributed by atoms with van der Waals surface area (Å²) in [6.07, 6.45) is 13.9. The number of nitrogens with one attached hydrogen (secondary N) is 1. The van der Waals surface area contributed by atoms with E-state index in [1.165, 1.54) is 41.2 Å². The van der Waals surface area contributed by atoms with Crippen LogP contribution in [0.4, 0.5) is 0 Å². The summed E-state index contributed by atoms with van der Waals surface area (Å²) in [6, 6.07) is 5.55. The summed E-state index contributed by atoms with van der Waals surface area (Å²) in [5.74, 6) is 4.67. The van der Waals surface area contributed by atoms with Crippen LogP contribution in [0.3, 0.4) is 0 Å². The van der Waals surface area contributed by atoms with E-state index in [0.717, 1.165) is 0 Å². The molecule has 0 radical (unpaired) electrons. The third-order valence-electron chi connectivity index (χ3n) is 2.43. The van der Waals surface area contributed by atoms with Gasteiger partial charge in [-0.05, 0) is 12.1 Å². The van der Waals surface area contributed by atoms with Crippen LogP contribution in [0.15, 0.2) is 46.2 Å². The van der Waals surface area contributed by atoms with E-state index in [1.807, 2.05) is 0 Å². The van der Waals surface area contributed by atoms with Gasteiger partial charge in [-0.3, -0.25) is 19.2 Å². The minimum Gasteiger partial charge on any atom is -0.328 e. The molecule has 0 aliphatic heterocycles. The van der Waals surface area contributed by atoms with E-state index in [1.54, 1.807) is 0 Å². The van der Waals surface area contributed by atoms with Crippen molar-refractivity contribution < 1.29 is 9.59 Å². The molecule has 0 saturated carbocycles. The molecule has 0 fully saturated rings. The van der Waals surface area contributed by atoms with Gasteiger partial charge in [-0.25, -0.2) is 0 Å². The highest BCUT2D eigenvalue weighted by Crippen LogP contribution is 1.90. The Balaban J connectivity index is 0.000000391. The molecule has 0 atom stereocenters. The number of pyridine rings is 2. The number of carbonyl (C=O) groups excluding carboxylic acids is 2. The lowest BCUT2D eigenvalue weighted by molar-refractivity contribution is 0.111. The Bertz CT molecular complexity index is 865. The highest BCUT2D eigenvalue weighted by molar-refractivity contribution is 9.09. The Hall–Kier alpha value is -3.16. The summed E-state index contributed by atoms with van der Waals surface area (Å²) in [5.41, 5.74) is 0.540. The number of hydrogen-bond donors (Lipinski definition) is 1. The average Bonchev–Trinajstić information content (AvgIpc) is 2.65. The van der Waals surface area contributed by atoms with Gasteiger partial charge in [0.15, 0.2) is 12.6 Å². The minimum atomic E-state index is -0.196. The standard InChI is InChI=1S/C9H7NO2.C6H5NO2.C3H3Br/c1-2-5-10-6-8(7-11)3-4-9(10)12;8-4-5-1-2-6(9)7-3-5;1-2-3-4/h1,3-4,6-7H,5H2;1-4H,(H,7,9);1H,3H2. The van der Waals surface area contributed by atoms with Crippen molar-refractivity contribution >= 4 is 28.5 Å². The van der Waals surface area contributed by atoms with Crippen molar-refractivity contribution in [2.45, 2.75) is 6.54 Å². The van der Waals surface area contributed by atoms with E-state index in [-0.39, 0.29) is 17.7 Å². The molecule has 0 saturated heterocycles. The van der Waals surface area contributed by atoms with E-state index in [4.69, 9.17) is 12.8 Å². The molecule has 128 valence electrons. The van der Waals surface area contributed by atoms with Gasteiger partial charge < -0.3 is 9.55 Å². The normalized spacial score (nSPS) is 8.28. The maximum Gasteiger partial charge on any atom is 0.251 e. The van der Waals surface area contributed by atoms with Crippen LogP contribution in [0.5, 0.6) is 0 Å². The Labute approximate surface area is 153 Å². The van der Waals surface area contributed by atoms with E-state index in [0.29, 0.717) is 29.0 Å². The zero-order chi connectivity index (χ0) is 19.1. The number of aromatic nitrogens is 2. The first kappa shape index (κ1) is 21.8. The number of aromatic amines is 1. The number of terminal acetylenes is 2. The molecule has 7 heteroatoms. The smallest absolute Gasteiger partial charge is 0.251 e. The average molecular weight is 403 g/mol. The van der Waals surface area contributed by atoms with Crippen LogP contribution in [-0.2, 0) is 6.54 Å². The molecule has 1 N–H and O–H groups in total. The molecular weight excluding hydrogens is 388 g/mol. The predicted molar refractivity (Wildman–Crippen MR) is 100.0 cm³/mol. The van der Waals surface area contributed by atoms with Crippen molar-refractivity contribution in [1.82, 2.24) is 9.55 Å². The number of H-pyrrole nitrogens is 1. The SMILES string of the molecule is C#CCBr.C#CCn1cc(C=O)ccc1=O.O=Cc1ccc(=O)[nH]c1. The molecule has 2 aromatic heterocycles. The van der Waals surface area contributed by atoms with Crippen LogP contribution in [-0.4, -0.2) is 27.5 Å². The van der Waals surface area contributed by atoms with Crippen LogP contribution in [0, 0.1) is 24.7 Å². The molecule has 0 spiro atoms. The van der Waals surface area contributed by atoms with E-state index < -0.39 is 0 Å². The summed E-state index contributed by atoms with van der Waals surface area (Å²) < 4.78 is 1.31. The molecule has 2 aromatic rings. The lowest BCUT2D eigenvalue weighted by Gasteiger charge is -1.99. The quantitative estimate of drug-likeness (QED) is 0.478. The van der Waals surface area contributed by atoms with Crippen molar-refractivity contribution in [1.29, 1.82) is 0 Å². The first-order chi connectivity index (χ1) is 12.0. The van der Waals surface area contributed by atoms with Crippen molar-refractivity contribution in [3.05, 3.63) is 68.5 Å². The van der Waals surface area contributed by atoms with Crippen molar-refractivity contribution in [3.63, 3.8) is 0 Å². The lowest BCUT2D eigenvalue weighted by atomic mass is 10.3. The van der Waals surface area contributed by atoms with Gasteiger partial charge in [0.1, 0.15) is 0 Å². The molecule has 0 bridgehead atoms. The highest BCUT2D eigenvalue weighted by Gasteiger charge is 1.94. The van der Waals surface area contributed by atoms with Crippen LogP contribution >= 0.6 is 15.9 Å². The van der Waals surface area contributed by atoms with Crippen LogP contribution in [0.1, 0.15) is 20.7 Å². The van der Waals surface area contributed by atoms with Gasteiger partial charge in [-0.2, -0.15) is 0 Å². The fourth-order valence-corrected chi connectivity index (χ4v) is 1.34. The molecule has 6 nitrogen and oxygen atoms in total. The van der Waals surface area contributed by atoms with Gasteiger partial charge in [0.05, 0.1) is 11.9 Å². The van der Waals surface area contributed by atoms with Crippen LogP contribution < -0.4 is 11.1 Å².